The number of nitrogens with zero attached hydrogens (tertiary/aromatic N) is 1. The summed E-state index contributed by atoms with van der Waals surface area (Å²) < 4.78 is 0. The molecule has 1 N–H and O–H groups in total. The number of nitro benzene ring substituents is 1. The molecule has 0 radical (unpaired) electrons. The van der Waals surface area contributed by atoms with Crippen molar-refractivity contribution < 1.29 is 9.72 Å². The smallest absolute Gasteiger partial charge is 0.269 e. The molecule has 1 amide bonds. The Morgan fingerprint density at radius 3 is 1.84 bits per heavy atom. The van der Waals surface area contributed by atoms with Gasteiger partial charge in [-0.05, 0) is 18.6 Å². The number of nitrogens with one attached hydrogen (secondary N) is 1. The minimum Gasteiger partial charge on any atom is -0.326 e. The summed E-state index contributed by atoms with van der Waals surface area (Å²) in [6.45, 7) is 2.24. The minimum absolute atomic E-state index is 0.0234. The zero-order valence-electron chi connectivity index (χ0n) is 15.5. The first kappa shape index (κ1) is 21.1. The van der Waals surface area contributed by atoms with Crippen molar-refractivity contribution in [1.82, 2.24) is 0 Å². The second-order valence-corrected chi connectivity index (χ2v) is 6.64. The maximum Gasteiger partial charge on any atom is 0.269 e. The van der Waals surface area contributed by atoms with E-state index >= 15 is 0 Å². The molecule has 0 aliphatic rings. The van der Waals surface area contributed by atoms with Gasteiger partial charge in [0.1, 0.15) is 0 Å². The van der Waals surface area contributed by atoms with Crippen molar-refractivity contribution in [3.63, 3.8) is 0 Å². The molecule has 0 aromatic heterocycles. The molecule has 140 valence electrons. The molecule has 0 unspecified atom stereocenters. The first-order valence-corrected chi connectivity index (χ1v) is 9.67. The predicted molar refractivity (Wildman–Crippen MR) is 103 cm³/mol. The number of anilines is 1. The normalized spacial score (nSPS) is 10.6. The number of unbranched alkanes of at least 4 members (excludes halogenated alkanes) is 10. The van der Waals surface area contributed by atoms with Crippen LogP contribution in [0.1, 0.15) is 84.0 Å². The molecule has 1 rings (SSSR count). The maximum absolute atomic E-state index is 11.8. The SMILES string of the molecule is CCCCCCCCCCCCCC(=O)Nc1ccc([N+](=O)[O-])cc1. The van der Waals surface area contributed by atoms with Crippen molar-refractivity contribution >= 4 is 17.3 Å². The van der Waals surface area contributed by atoms with Gasteiger partial charge in [-0.1, -0.05) is 71.1 Å². The number of benzene rings is 1. The molecule has 5 nitrogen and oxygen atoms in total. The lowest BCUT2D eigenvalue weighted by Crippen LogP contribution is -2.10. The number of non-ortho nitro benzene ring substituents is 1. The number of rotatable bonds is 14. The first-order chi connectivity index (χ1) is 12.1. The summed E-state index contributed by atoms with van der Waals surface area (Å²) >= 11 is 0. The molecule has 0 saturated heterocycles. The van der Waals surface area contributed by atoms with Gasteiger partial charge in [-0.25, -0.2) is 0 Å². The molecule has 0 spiro atoms. The fourth-order valence-corrected chi connectivity index (χ4v) is 2.84. The van der Waals surface area contributed by atoms with E-state index in [4.69, 9.17) is 0 Å². The van der Waals surface area contributed by atoms with Gasteiger partial charge in [0.2, 0.25) is 5.91 Å². The van der Waals surface area contributed by atoms with Gasteiger partial charge in [-0.3, -0.25) is 14.9 Å². The summed E-state index contributed by atoms with van der Waals surface area (Å²) in [5.74, 6) is -0.0234. The molecule has 25 heavy (non-hydrogen) atoms. The summed E-state index contributed by atoms with van der Waals surface area (Å²) in [5.41, 5.74) is 0.641. The number of hydrogen-bond acceptors (Lipinski definition) is 3. The lowest BCUT2D eigenvalue weighted by atomic mass is 10.1. The Morgan fingerprint density at radius 1 is 0.880 bits per heavy atom. The highest BCUT2D eigenvalue weighted by atomic mass is 16.6. The van der Waals surface area contributed by atoms with Crippen LogP contribution in [0.4, 0.5) is 11.4 Å². The van der Waals surface area contributed by atoms with Crippen molar-refractivity contribution in [2.75, 3.05) is 5.32 Å². The zero-order chi connectivity index (χ0) is 18.3. The Balaban J connectivity index is 1.99. The molecule has 0 bridgehead atoms. The third-order valence-electron chi connectivity index (χ3n) is 4.37. The van der Waals surface area contributed by atoms with E-state index in [0.717, 1.165) is 12.8 Å². The number of carbonyl (C=O) groups is 1. The number of hydrogen-bond donors (Lipinski definition) is 1. The van der Waals surface area contributed by atoms with E-state index in [2.05, 4.69) is 12.2 Å². The summed E-state index contributed by atoms with van der Waals surface area (Å²) in [5, 5.41) is 13.4. The summed E-state index contributed by atoms with van der Waals surface area (Å²) in [6, 6.07) is 5.93. The Bertz CT molecular complexity index is 500. The molecule has 0 heterocycles. The van der Waals surface area contributed by atoms with Gasteiger partial charge in [0.05, 0.1) is 4.92 Å². The molecule has 0 aliphatic heterocycles. The summed E-state index contributed by atoms with van der Waals surface area (Å²) in [7, 11) is 0. The summed E-state index contributed by atoms with van der Waals surface area (Å²) in [6.07, 6.45) is 14.4. The highest BCUT2D eigenvalue weighted by Gasteiger charge is 2.06. The van der Waals surface area contributed by atoms with Crippen molar-refractivity contribution in [2.24, 2.45) is 0 Å². The van der Waals surface area contributed by atoms with E-state index in [0.29, 0.717) is 12.1 Å². The van der Waals surface area contributed by atoms with Crippen molar-refractivity contribution in [1.29, 1.82) is 0 Å². The second kappa shape index (κ2) is 13.4. The van der Waals surface area contributed by atoms with Crippen LogP contribution >= 0.6 is 0 Å². The topological polar surface area (TPSA) is 72.2 Å². The maximum atomic E-state index is 11.8. The van der Waals surface area contributed by atoms with E-state index in [1.165, 1.54) is 69.9 Å². The number of carbonyl (C=O) groups excluding carboxylic acids is 1. The van der Waals surface area contributed by atoms with Crippen molar-refractivity contribution in [2.45, 2.75) is 84.0 Å². The molecule has 0 aliphatic carbocycles. The van der Waals surface area contributed by atoms with Gasteiger partial charge >= 0.3 is 0 Å². The Morgan fingerprint density at radius 2 is 1.36 bits per heavy atom. The van der Waals surface area contributed by atoms with Crippen LogP contribution in [0.25, 0.3) is 0 Å². The Kier molecular flexibility index (Phi) is 11.3. The van der Waals surface area contributed by atoms with Crippen molar-refractivity contribution in [3.8, 4) is 0 Å². The van der Waals surface area contributed by atoms with Crippen LogP contribution in [0.3, 0.4) is 0 Å². The third-order valence-corrected chi connectivity index (χ3v) is 4.37. The van der Waals surface area contributed by atoms with Crippen LogP contribution in [0.2, 0.25) is 0 Å². The third kappa shape index (κ3) is 10.5. The molecule has 1 aromatic rings. The van der Waals surface area contributed by atoms with Gasteiger partial charge in [0.25, 0.3) is 5.69 Å². The molecule has 5 heteroatoms. The lowest BCUT2D eigenvalue weighted by Gasteiger charge is -2.05. The molecule has 1 aromatic carbocycles. The van der Waals surface area contributed by atoms with E-state index in [1.807, 2.05) is 0 Å². The van der Waals surface area contributed by atoms with E-state index in [1.54, 1.807) is 12.1 Å². The highest BCUT2D eigenvalue weighted by Crippen LogP contribution is 2.16. The standard InChI is InChI=1S/C20H32N2O3/c1-2-3-4-5-6-7-8-9-10-11-12-13-20(23)21-18-14-16-19(17-15-18)22(24)25/h14-17H,2-13H2,1H3,(H,21,23). The number of nitro groups is 1. The van der Waals surface area contributed by atoms with Gasteiger partial charge < -0.3 is 5.32 Å². The second-order valence-electron chi connectivity index (χ2n) is 6.64. The predicted octanol–water partition coefficient (Wildman–Crippen LogP) is 6.23. The van der Waals surface area contributed by atoms with Crippen LogP contribution in [0.5, 0.6) is 0 Å². The van der Waals surface area contributed by atoms with Crippen LogP contribution in [-0.4, -0.2) is 10.8 Å². The first-order valence-electron chi connectivity index (χ1n) is 9.67. The van der Waals surface area contributed by atoms with Gasteiger partial charge in [-0.2, -0.15) is 0 Å². The van der Waals surface area contributed by atoms with E-state index < -0.39 is 4.92 Å². The van der Waals surface area contributed by atoms with Crippen LogP contribution in [0.15, 0.2) is 24.3 Å². The van der Waals surface area contributed by atoms with Crippen molar-refractivity contribution in [3.05, 3.63) is 34.4 Å². The van der Waals surface area contributed by atoms with Crippen LogP contribution < -0.4 is 5.32 Å². The monoisotopic (exact) mass is 348 g/mol. The Labute approximate surface area is 151 Å². The highest BCUT2D eigenvalue weighted by molar-refractivity contribution is 5.90. The fraction of sp³-hybridized carbons (Fsp3) is 0.650. The zero-order valence-corrected chi connectivity index (χ0v) is 15.5. The molecular formula is C20H32N2O3. The quantitative estimate of drug-likeness (QED) is 0.246. The number of amides is 1. The Hall–Kier alpha value is -1.91. The van der Waals surface area contributed by atoms with Gasteiger partial charge in [0, 0.05) is 24.2 Å². The van der Waals surface area contributed by atoms with Gasteiger partial charge in [0.15, 0.2) is 0 Å². The minimum atomic E-state index is -0.448. The van der Waals surface area contributed by atoms with E-state index in [-0.39, 0.29) is 11.6 Å². The van der Waals surface area contributed by atoms with E-state index in [9.17, 15) is 14.9 Å². The van der Waals surface area contributed by atoms with Gasteiger partial charge in [-0.15, -0.1) is 0 Å². The average molecular weight is 348 g/mol. The molecular weight excluding hydrogens is 316 g/mol. The largest absolute Gasteiger partial charge is 0.326 e. The molecule has 0 saturated carbocycles. The van der Waals surface area contributed by atoms with Crippen LogP contribution in [-0.2, 0) is 4.79 Å². The summed E-state index contributed by atoms with van der Waals surface area (Å²) in [4.78, 5) is 22.0. The average Bonchev–Trinajstić information content (AvgIpc) is 2.60. The molecule has 0 atom stereocenters. The fourth-order valence-electron chi connectivity index (χ4n) is 2.84. The lowest BCUT2D eigenvalue weighted by molar-refractivity contribution is -0.384. The molecule has 0 fully saturated rings. The van der Waals surface area contributed by atoms with Crippen LogP contribution in [0, 0.1) is 10.1 Å².